The zero-order valence-corrected chi connectivity index (χ0v) is 16.3. The van der Waals surface area contributed by atoms with Gasteiger partial charge >= 0.3 is 0 Å². The van der Waals surface area contributed by atoms with Crippen molar-refractivity contribution in [2.24, 2.45) is 5.92 Å². The third-order valence-corrected chi connectivity index (χ3v) is 5.78. The monoisotopic (exact) mass is 376 g/mol. The molecule has 28 heavy (non-hydrogen) atoms. The Morgan fingerprint density at radius 1 is 1.11 bits per heavy atom. The van der Waals surface area contributed by atoms with Crippen LogP contribution in [0.4, 0.5) is 0 Å². The number of hydrogen-bond acceptors (Lipinski definition) is 3. The molecule has 0 aliphatic heterocycles. The summed E-state index contributed by atoms with van der Waals surface area (Å²) in [7, 11) is 0. The highest BCUT2D eigenvalue weighted by atomic mass is 16.1. The molecule has 1 amide bonds. The summed E-state index contributed by atoms with van der Waals surface area (Å²) in [6.45, 7) is 1.58. The Morgan fingerprint density at radius 3 is 2.79 bits per heavy atom. The number of aryl methyl sites for hydroxylation is 1. The van der Waals surface area contributed by atoms with E-state index in [1.807, 2.05) is 6.07 Å². The lowest BCUT2D eigenvalue weighted by Crippen LogP contribution is -2.26. The van der Waals surface area contributed by atoms with E-state index >= 15 is 0 Å². The first-order valence-electron chi connectivity index (χ1n) is 10.4. The molecule has 1 aliphatic carbocycles. The maximum Gasteiger partial charge on any atom is 0.252 e. The van der Waals surface area contributed by atoms with Crippen LogP contribution in [0.5, 0.6) is 0 Å². The summed E-state index contributed by atoms with van der Waals surface area (Å²) in [5.74, 6) is 1.81. The molecule has 2 heterocycles. The Morgan fingerprint density at radius 2 is 1.96 bits per heavy atom. The Balaban J connectivity index is 1.42. The van der Waals surface area contributed by atoms with Gasteiger partial charge in [0.2, 0.25) is 0 Å². The Kier molecular flexibility index (Phi) is 6.00. The van der Waals surface area contributed by atoms with E-state index in [-0.39, 0.29) is 5.91 Å². The van der Waals surface area contributed by atoms with Crippen molar-refractivity contribution in [2.45, 2.75) is 51.5 Å². The van der Waals surface area contributed by atoms with Crippen molar-refractivity contribution in [1.82, 2.24) is 19.9 Å². The van der Waals surface area contributed by atoms with Crippen molar-refractivity contribution in [1.29, 1.82) is 0 Å². The highest BCUT2D eigenvalue weighted by molar-refractivity contribution is 5.93. The van der Waals surface area contributed by atoms with Crippen molar-refractivity contribution in [2.75, 3.05) is 6.54 Å². The lowest BCUT2D eigenvalue weighted by molar-refractivity contribution is 0.0953. The van der Waals surface area contributed by atoms with Gasteiger partial charge in [-0.15, -0.1) is 0 Å². The molecular weight excluding hydrogens is 348 g/mol. The number of hydrogen-bond donors (Lipinski definition) is 1. The van der Waals surface area contributed by atoms with Crippen molar-refractivity contribution < 1.29 is 4.79 Å². The molecule has 0 atom stereocenters. The SMILES string of the molecule is O=C(NCCc1nc2ccccc2n1CCC1CCCCC1)c1cccnc1. The molecule has 1 aliphatic rings. The van der Waals surface area contributed by atoms with Crippen LogP contribution in [0.1, 0.15) is 54.7 Å². The molecule has 0 unspecified atom stereocenters. The number of aromatic nitrogens is 3. The van der Waals surface area contributed by atoms with Crippen molar-refractivity contribution in [3.05, 3.63) is 60.2 Å². The minimum atomic E-state index is -0.0852. The fourth-order valence-corrected chi connectivity index (χ4v) is 4.24. The first-order valence-corrected chi connectivity index (χ1v) is 10.4. The highest BCUT2D eigenvalue weighted by Gasteiger charge is 2.16. The van der Waals surface area contributed by atoms with Crippen molar-refractivity contribution in [3.63, 3.8) is 0 Å². The molecule has 0 radical (unpaired) electrons. The van der Waals surface area contributed by atoms with Crippen LogP contribution in [0.2, 0.25) is 0 Å². The van der Waals surface area contributed by atoms with E-state index in [9.17, 15) is 4.79 Å². The Hall–Kier alpha value is -2.69. The first-order chi connectivity index (χ1) is 13.8. The number of nitrogens with one attached hydrogen (secondary N) is 1. The Bertz CT molecular complexity index is 913. The van der Waals surface area contributed by atoms with Gasteiger partial charge < -0.3 is 9.88 Å². The number of carbonyl (C=O) groups is 1. The molecule has 1 aromatic carbocycles. The van der Waals surface area contributed by atoms with Crippen LogP contribution < -0.4 is 5.32 Å². The molecule has 4 rings (SSSR count). The number of nitrogens with zero attached hydrogens (tertiary/aromatic N) is 3. The van der Waals surface area contributed by atoms with E-state index in [1.165, 1.54) is 44.0 Å². The molecule has 5 nitrogen and oxygen atoms in total. The zero-order chi connectivity index (χ0) is 19.2. The molecule has 3 aromatic rings. The van der Waals surface area contributed by atoms with E-state index < -0.39 is 0 Å². The largest absolute Gasteiger partial charge is 0.352 e. The van der Waals surface area contributed by atoms with Crippen LogP contribution in [0.25, 0.3) is 11.0 Å². The smallest absolute Gasteiger partial charge is 0.252 e. The predicted octanol–water partition coefficient (Wildman–Crippen LogP) is 4.37. The predicted molar refractivity (Wildman–Crippen MR) is 111 cm³/mol. The number of imidazole rings is 1. The number of para-hydroxylation sites is 2. The summed E-state index contributed by atoms with van der Waals surface area (Å²) in [5.41, 5.74) is 2.83. The topological polar surface area (TPSA) is 59.8 Å². The third-order valence-electron chi connectivity index (χ3n) is 5.78. The molecular formula is C23H28N4O. The van der Waals surface area contributed by atoms with Gasteiger partial charge in [0.15, 0.2) is 0 Å². The lowest BCUT2D eigenvalue weighted by atomic mass is 9.87. The van der Waals surface area contributed by atoms with Gasteiger partial charge in [-0.05, 0) is 36.6 Å². The van der Waals surface area contributed by atoms with Gasteiger partial charge in [0, 0.05) is 31.9 Å². The van der Waals surface area contributed by atoms with Gasteiger partial charge in [-0.1, -0.05) is 44.2 Å². The molecule has 0 saturated heterocycles. The molecule has 5 heteroatoms. The number of fused-ring (bicyclic) bond motifs is 1. The van der Waals surface area contributed by atoms with Crippen LogP contribution in [0.15, 0.2) is 48.8 Å². The fourth-order valence-electron chi connectivity index (χ4n) is 4.24. The van der Waals surface area contributed by atoms with E-state index in [0.717, 1.165) is 30.2 Å². The van der Waals surface area contributed by atoms with E-state index in [4.69, 9.17) is 4.98 Å². The maximum absolute atomic E-state index is 12.2. The average molecular weight is 377 g/mol. The van der Waals surface area contributed by atoms with Crippen molar-refractivity contribution >= 4 is 16.9 Å². The molecule has 1 N–H and O–H groups in total. The fraction of sp³-hybridized carbons (Fsp3) is 0.435. The summed E-state index contributed by atoms with van der Waals surface area (Å²) in [6, 6.07) is 11.9. The number of amides is 1. The number of pyridine rings is 1. The molecule has 1 saturated carbocycles. The van der Waals surface area contributed by atoms with Gasteiger partial charge in [-0.2, -0.15) is 0 Å². The van der Waals surface area contributed by atoms with Crippen LogP contribution in [0, 0.1) is 5.92 Å². The highest BCUT2D eigenvalue weighted by Crippen LogP contribution is 2.27. The third kappa shape index (κ3) is 4.41. The van der Waals surface area contributed by atoms with Gasteiger partial charge in [-0.3, -0.25) is 9.78 Å². The maximum atomic E-state index is 12.2. The number of carbonyl (C=O) groups excluding carboxylic acids is 1. The molecule has 146 valence electrons. The molecule has 0 bridgehead atoms. The summed E-state index contributed by atoms with van der Waals surface area (Å²) < 4.78 is 2.36. The zero-order valence-electron chi connectivity index (χ0n) is 16.3. The van der Waals surface area contributed by atoms with Crippen LogP contribution in [-0.4, -0.2) is 27.0 Å². The van der Waals surface area contributed by atoms with E-state index in [1.54, 1.807) is 24.5 Å². The minimum Gasteiger partial charge on any atom is -0.352 e. The van der Waals surface area contributed by atoms with Crippen molar-refractivity contribution in [3.8, 4) is 0 Å². The second-order valence-corrected chi connectivity index (χ2v) is 7.71. The standard InChI is InChI=1S/C23H28N4O/c28-23(19-9-6-14-24-17-19)25-15-12-22-26-20-10-4-5-11-21(20)27(22)16-13-18-7-2-1-3-8-18/h4-6,9-11,14,17-18H,1-3,7-8,12-13,15-16H2,(H,25,28). The van der Waals surface area contributed by atoms with E-state index in [0.29, 0.717) is 12.1 Å². The van der Waals surface area contributed by atoms with Crippen LogP contribution in [-0.2, 0) is 13.0 Å². The summed E-state index contributed by atoms with van der Waals surface area (Å²) in [4.78, 5) is 21.1. The summed E-state index contributed by atoms with van der Waals surface area (Å²) >= 11 is 0. The number of rotatable bonds is 7. The quantitative estimate of drug-likeness (QED) is 0.666. The second-order valence-electron chi connectivity index (χ2n) is 7.71. The minimum absolute atomic E-state index is 0.0852. The van der Waals surface area contributed by atoms with Crippen LogP contribution in [0.3, 0.4) is 0 Å². The Labute approximate surface area is 166 Å². The number of benzene rings is 1. The van der Waals surface area contributed by atoms with E-state index in [2.05, 4.69) is 33.1 Å². The van der Waals surface area contributed by atoms with Gasteiger partial charge in [0.05, 0.1) is 16.6 Å². The van der Waals surface area contributed by atoms with Gasteiger partial charge in [0.1, 0.15) is 5.82 Å². The summed E-state index contributed by atoms with van der Waals surface area (Å²) in [5, 5.41) is 2.99. The first kappa shape index (κ1) is 18.7. The normalized spacial score (nSPS) is 15.0. The lowest BCUT2D eigenvalue weighted by Gasteiger charge is -2.22. The second kappa shape index (κ2) is 9.00. The molecule has 1 fully saturated rings. The average Bonchev–Trinajstić information content (AvgIpc) is 3.11. The van der Waals surface area contributed by atoms with Gasteiger partial charge in [0.25, 0.3) is 5.91 Å². The van der Waals surface area contributed by atoms with Crippen LogP contribution >= 0.6 is 0 Å². The molecule has 2 aromatic heterocycles. The summed E-state index contributed by atoms with van der Waals surface area (Å²) in [6.07, 6.45) is 12.1. The van der Waals surface area contributed by atoms with Gasteiger partial charge in [-0.25, -0.2) is 4.98 Å². The molecule has 0 spiro atoms.